The molecule has 0 saturated carbocycles. The van der Waals surface area contributed by atoms with Gasteiger partial charge in [-0.1, -0.05) is 11.2 Å². The fraction of sp³-hybridized carbons (Fsp3) is 0.0909. The highest BCUT2D eigenvalue weighted by Gasteiger charge is 1.96. The number of oxime groups is 1. The predicted octanol–water partition coefficient (Wildman–Crippen LogP) is 1.60. The largest absolute Gasteiger partial charge is 0.479 e. The molecule has 0 atom stereocenters. The lowest BCUT2D eigenvalue weighted by Crippen LogP contribution is -2.03. The van der Waals surface area contributed by atoms with Crippen LogP contribution in [-0.2, 0) is 9.63 Å². The molecule has 0 aliphatic rings. The van der Waals surface area contributed by atoms with E-state index in [1.807, 2.05) is 30.5 Å². The Labute approximate surface area is 91.3 Å². The van der Waals surface area contributed by atoms with Gasteiger partial charge in [-0.2, -0.15) is 0 Å². The maximum Gasteiger partial charge on any atom is 0.344 e. The zero-order valence-electron chi connectivity index (χ0n) is 8.38. The van der Waals surface area contributed by atoms with Crippen molar-refractivity contribution in [3.05, 3.63) is 36.0 Å². The first kappa shape index (κ1) is 10.2. The summed E-state index contributed by atoms with van der Waals surface area (Å²) in [6, 6.07) is 7.67. The Kier molecular flexibility index (Phi) is 2.86. The van der Waals surface area contributed by atoms with E-state index in [9.17, 15) is 4.79 Å². The molecule has 0 aliphatic carbocycles. The van der Waals surface area contributed by atoms with Crippen LogP contribution < -0.4 is 0 Å². The van der Waals surface area contributed by atoms with E-state index in [4.69, 9.17) is 5.11 Å². The molecule has 0 radical (unpaired) electrons. The second kappa shape index (κ2) is 4.48. The second-order valence-electron chi connectivity index (χ2n) is 3.23. The fourth-order valence-electron chi connectivity index (χ4n) is 1.34. The first-order valence-electron chi connectivity index (χ1n) is 4.70. The zero-order valence-corrected chi connectivity index (χ0v) is 8.38. The average Bonchev–Trinajstić information content (AvgIpc) is 2.71. The van der Waals surface area contributed by atoms with E-state index in [2.05, 4.69) is 15.0 Å². The summed E-state index contributed by atoms with van der Waals surface area (Å²) in [7, 11) is 0. The van der Waals surface area contributed by atoms with Crippen LogP contribution in [-0.4, -0.2) is 28.9 Å². The number of rotatable bonds is 4. The highest BCUT2D eigenvalue weighted by atomic mass is 16.6. The van der Waals surface area contributed by atoms with Crippen molar-refractivity contribution in [3.8, 4) is 0 Å². The first-order chi connectivity index (χ1) is 7.75. The number of aromatic nitrogens is 1. The molecule has 0 saturated heterocycles. The smallest absolute Gasteiger partial charge is 0.344 e. The zero-order chi connectivity index (χ0) is 11.4. The number of aromatic amines is 1. The SMILES string of the molecule is O=C(O)CON=Cc1ccc2[nH]ccc2c1. The summed E-state index contributed by atoms with van der Waals surface area (Å²) in [6.45, 7) is -0.428. The van der Waals surface area contributed by atoms with Crippen molar-refractivity contribution in [1.29, 1.82) is 0 Å². The van der Waals surface area contributed by atoms with Crippen LogP contribution >= 0.6 is 0 Å². The van der Waals surface area contributed by atoms with E-state index in [-0.39, 0.29) is 0 Å². The fourth-order valence-corrected chi connectivity index (χ4v) is 1.34. The molecule has 2 N–H and O–H groups in total. The van der Waals surface area contributed by atoms with Crippen LogP contribution in [0.2, 0.25) is 0 Å². The van der Waals surface area contributed by atoms with Crippen molar-refractivity contribution in [2.24, 2.45) is 5.16 Å². The number of carboxylic acid groups (broad SMARTS) is 1. The van der Waals surface area contributed by atoms with E-state index in [0.717, 1.165) is 16.5 Å². The van der Waals surface area contributed by atoms with Crippen LogP contribution in [0.25, 0.3) is 10.9 Å². The van der Waals surface area contributed by atoms with Gasteiger partial charge in [-0.15, -0.1) is 0 Å². The summed E-state index contributed by atoms with van der Waals surface area (Å²) in [5.41, 5.74) is 1.90. The number of H-pyrrole nitrogens is 1. The van der Waals surface area contributed by atoms with Crippen LogP contribution in [0.1, 0.15) is 5.56 Å². The minimum atomic E-state index is -1.04. The van der Waals surface area contributed by atoms with Crippen LogP contribution in [0.15, 0.2) is 35.6 Å². The van der Waals surface area contributed by atoms with E-state index in [1.54, 1.807) is 0 Å². The summed E-state index contributed by atoms with van der Waals surface area (Å²) in [4.78, 5) is 17.8. The molecule has 82 valence electrons. The van der Waals surface area contributed by atoms with Gasteiger partial charge in [-0.25, -0.2) is 4.79 Å². The molecular weight excluding hydrogens is 208 g/mol. The van der Waals surface area contributed by atoms with Gasteiger partial charge in [0.2, 0.25) is 6.61 Å². The number of carbonyl (C=O) groups is 1. The number of nitrogens with zero attached hydrogens (tertiary/aromatic N) is 1. The number of benzene rings is 1. The summed E-state index contributed by atoms with van der Waals surface area (Å²) in [5.74, 6) is -1.04. The normalized spacial score (nSPS) is 11.0. The molecule has 0 spiro atoms. The number of hydrogen-bond donors (Lipinski definition) is 2. The molecule has 5 heteroatoms. The summed E-state index contributed by atoms with van der Waals surface area (Å²) >= 11 is 0. The first-order valence-corrected chi connectivity index (χ1v) is 4.70. The highest BCUT2D eigenvalue weighted by Crippen LogP contribution is 2.12. The van der Waals surface area contributed by atoms with Gasteiger partial charge in [0, 0.05) is 11.7 Å². The molecule has 0 amide bonds. The topological polar surface area (TPSA) is 74.7 Å². The Morgan fingerprint density at radius 3 is 3.19 bits per heavy atom. The van der Waals surface area contributed by atoms with Crippen LogP contribution in [0, 0.1) is 0 Å². The van der Waals surface area contributed by atoms with Gasteiger partial charge >= 0.3 is 5.97 Å². The lowest BCUT2D eigenvalue weighted by atomic mass is 10.2. The Balaban J connectivity index is 2.06. The van der Waals surface area contributed by atoms with Gasteiger partial charge in [0.25, 0.3) is 0 Å². The molecule has 0 unspecified atom stereocenters. The van der Waals surface area contributed by atoms with E-state index in [0.29, 0.717) is 0 Å². The van der Waals surface area contributed by atoms with Gasteiger partial charge in [-0.05, 0) is 29.1 Å². The van der Waals surface area contributed by atoms with Gasteiger partial charge in [0.15, 0.2) is 0 Å². The Hall–Kier alpha value is -2.30. The van der Waals surface area contributed by atoms with Crippen LogP contribution in [0.4, 0.5) is 0 Å². The molecular formula is C11H10N2O3. The van der Waals surface area contributed by atoms with Crippen molar-refractivity contribution in [2.45, 2.75) is 0 Å². The Bertz CT molecular complexity index is 531. The lowest BCUT2D eigenvalue weighted by molar-refractivity contribution is -0.142. The second-order valence-corrected chi connectivity index (χ2v) is 3.23. The Morgan fingerprint density at radius 1 is 1.50 bits per heavy atom. The standard InChI is InChI=1S/C11H10N2O3/c14-11(15)7-16-13-6-8-1-2-10-9(5-8)3-4-12-10/h1-6,12H,7H2,(H,14,15). The van der Waals surface area contributed by atoms with Crippen molar-refractivity contribution in [1.82, 2.24) is 4.98 Å². The van der Waals surface area contributed by atoms with Crippen LogP contribution in [0.5, 0.6) is 0 Å². The number of hydrogen-bond acceptors (Lipinski definition) is 3. The van der Waals surface area contributed by atoms with Crippen molar-refractivity contribution >= 4 is 23.1 Å². The molecule has 1 heterocycles. The van der Waals surface area contributed by atoms with Gasteiger partial charge in [0.1, 0.15) is 0 Å². The van der Waals surface area contributed by atoms with E-state index in [1.165, 1.54) is 6.21 Å². The van der Waals surface area contributed by atoms with Crippen molar-refractivity contribution in [2.75, 3.05) is 6.61 Å². The molecule has 5 nitrogen and oxygen atoms in total. The molecule has 0 aliphatic heterocycles. The molecule has 0 fully saturated rings. The van der Waals surface area contributed by atoms with Crippen molar-refractivity contribution in [3.63, 3.8) is 0 Å². The third kappa shape index (κ3) is 2.38. The summed E-state index contributed by atoms with van der Waals surface area (Å²) in [5, 5.41) is 12.9. The quantitative estimate of drug-likeness (QED) is 0.604. The lowest BCUT2D eigenvalue weighted by Gasteiger charge is -1.95. The maximum atomic E-state index is 10.1. The molecule has 16 heavy (non-hydrogen) atoms. The van der Waals surface area contributed by atoms with Gasteiger partial charge in [0.05, 0.1) is 6.21 Å². The van der Waals surface area contributed by atoms with Crippen LogP contribution in [0.3, 0.4) is 0 Å². The van der Waals surface area contributed by atoms with Crippen molar-refractivity contribution < 1.29 is 14.7 Å². The number of fused-ring (bicyclic) bond motifs is 1. The summed E-state index contributed by atoms with van der Waals surface area (Å²) in [6.07, 6.45) is 3.34. The van der Waals surface area contributed by atoms with Gasteiger partial charge in [-0.3, -0.25) is 0 Å². The summed E-state index contributed by atoms with van der Waals surface area (Å²) < 4.78 is 0. The third-order valence-electron chi connectivity index (χ3n) is 2.04. The van der Waals surface area contributed by atoms with Gasteiger partial charge < -0.3 is 14.9 Å². The minimum absolute atomic E-state index is 0.428. The van der Waals surface area contributed by atoms with E-state index < -0.39 is 12.6 Å². The number of nitrogens with one attached hydrogen (secondary N) is 1. The third-order valence-corrected chi connectivity index (χ3v) is 2.04. The number of aliphatic carboxylic acids is 1. The number of carboxylic acids is 1. The maximum absolute atomic E-state index is 10.1. The molecule has 1 aromatic heterocycles. The molecule has 2 aromatic rings. The molecule has 0 bridgehead atoms. The monoisotopic (exact) mass is 218 g/mol. The highest BCUT2D eigenvalue weighted by molar-refractivity contribution is 5.88. The Morgan fingerprint density at radius 2 is 2.38 bits per heavy atom. The predicted molar refractivity (Wildman–Crippen MR) is 59.5 cm³/mol. The molecule has 1 aromatic carbocycles. The van der Waals surface area contributed by atoms with E-state index >= 15 is 0 Å². The molecule has 2 rings (SSSR count). The average molecular weight is 218 g/mol. The minimum Gasteiger partial charge on any atom is -0.479 e.